The number of amides is 2. The molecule has 5 rings (SSSR count). The number of ether oxygens (including phenoxy) is 1. The molecule has 4 aliphatic rings. The quantitative estimate of drug-likeness (QED) is 0.659. The molecule has 1 aliphatic heterocycles. The second-order valence-corrected chi connectivity index (χ2v) is 12.0. The highest BCUT2D eigenvalue weighted by molar-refractivity contribution is 5.88. The summed E-state index contributed by atoms with van der Waals surface area (Å²) in [5.41, 5.74) is 1.33. The van der Waals surface area contributed by atoms with Gasteiger partial charge in [-0.15, -0.1) is 0 Å². The van der Waals surface area contributed by atoms with Gasteiger partial charge in [-0.3, -0.25) is 9.59 Å². The fourth-order valence-electron chi connectivity index (χ4n) is 8.64. The second kappa shape index (κ2) is 8.02. The van der Waals surface area contributed by atoms with Crippen LogP contribution in [0.4, 0.5) is 5.69 Å². The average Bonchev–Trinajstić information content (AvgIpc) is 3.17. The van der Waals surface area contributed by atoms with Crippen molar-refractivity contribution in [3.05, 3.63) is 24.3 Å². The minimum Gasteiger partial charge on any atom is -0.488 e. The highest BCUT2D eigenvalue weighted by Crippen LogP contribution is 2.66. The molecule has 1 heterocycles. The SMILES string of the molecule is CC(=O)Nc1ccc(OC2C(C)[C@@H]3[C@@H](CC[C@]4(C)CCC[C@@H]34)[C@@]3(C)CCC(=O)N(C)C23)cc1. The number of anilines is 1. The summed E-state index contributed by atoms with van der Waals surface area (Å²) in [6.45, 7) is 8.90. The maximum absolute atomic E-state index is 12.9. The molecule has 0 spiro atoms. The summed E-state index contributed by atoms with van der Waals surface area (Å²) in [5, 5.41) is 2.83. The van der Waals surface area contributed by atoms with E-state index >= 15 is 0 Å². The first-order chi connectivity index (χ1) is 15.6. The number of likely N-dealkylation sites (tertiary alicyclic amines) is 1. The molecule has 5 nitrogen and oxygen atoms in total. The fourth-order valence-corrected chi connectivity index (χ4v) is 8.64. The lowest BCUT2D eigenvalue weighted by atomic mass is 9.44. The van der Waals surface area contributed by atoms with Crippen LogP contribution in [0, 0.1) is 34.5 Å². The van der Waals surface area contributed by atoms with Gasteiger partial charge in [0.1, 0.15) is 11.9 Å². The Bertz CT molecular complexity index is 930. The zero-order valence-electron chi connectivity index (χ0n) is 20.9. The molecule has 5 heteroatoms. The molecule has 3 unspecified atom stereocenters. The topological polar surface area (TPSA) is 58.6 Å². The number of piperidine rings is 1. The van der Waals surface area contributed by atoms with E-state index in [1.807, 2.05) is 36.2 Å². The van der Waals surface area contributed by atoms with Gasteiger partial charge in [0.05, 0.1) is 6.04 Å². The number of nitrogens with zero attached hydrogens (tertiary/aromatic N) is 1. The molecule has 0 aromatic heterocycles. The average molecular weight is 453 g/mol. The summed E-state index contributed by atoms with van der Waals surface area (Å²) in [7, 11) is 2.00. The Morgan fingerprint density at radius 3 is 2.52 bits per heavy atom. The highest BCUT2D eigenvalue weighted by Gasteiger charge is 2.64. The van der Waals surface area contributed by atoms with Crippen LogP contribution in [-0.2, 0) is 9.59 Å². The van der Waals surface area contributed by atoms with Crippen molar-refractivity contribution in [3.63, 3.8) is 0 Å². The molecular weight excluding hydrogens is 412 g/mol. The van der Waals surface area contributed by atoms with Gasteiger partial charge in [-0.1, -0.05) is 27.2 Å². The third-order valence-corrected chi connectivity index (χ3v) is 10.2. The summed E-state index contributed by atoms with van der Waals surface area (Å²) in [4.78, 5) is 26.3. The van der Waals surface area contributed by atoms with Crippen LogP contribution in [0.1, 0.15) is 72.6 Å². The molecule has 1 aromatic carbocycles. The molecule has 180 valence electrons. The number of hydrogen-bond acceptors (Lipinski definition) is 3. The van der Waals surface area contributed by atoms with Gasteiger partial charge in [0.2, 0.25) is 11.8 Å². The number of carbonyl (C=O) groups is 2. The summed E-state index contributed by atoms with van der Waals surface area (Å²) in [6.07, 6.45) is 8.28. The van der Waals surface area contributed by atoms with Crippen molar-refractivity contribution in [1.82, 2.24) is 4.90 Å². The van der Waals surface area contributed by atoms with E-state index in [0.717, 1.165) is 23.8 Å². The Hall–Kier alpha value is -2.04. The van der Waals surface area contributed by atoms with Gasteiger partial charge in [-0.25, -0.2) is 0 Å². The molecule has 33 heavy (non-hydrogen) atoms. The van der Waals surface area contributed by atoms with Gasteiger partial charge in [0.15, 0.2) is 0 Å². The maximum Gasteiger partial charge on any atom is 0.222 e. The van der Waals surface area contributed by atoms with Crippen LogP contribution in [0.3, 0.4) is 0 Å². The standard InChI is InChI=1S/C28H40N2O3/c1-17-24-21-7-6-14-27(21,3)15-12-22(24)28(4)16-13-23(32)30(5)26(28)25(17)33-20-10-8-19(9-11-20)29-18(2)31/h8-11,17,21-22,24-26H,6-7,12-16H2,1-5H3,(H,29,31)/t17?,21-,22+,24-,25?,26?,27-,28+/m0/s1. The third kappa shape index (κ3) is 3.57. The van der Waals surface area contributed by atoms with E-state index in [0.29, 0.717) is 29.6 Å². The van der Waals surface area contributed by atoms with E-state index in [4.69, 9.17) is 4.74 Å². The number of likely N-dealkylation sites (N-methyl/N-ethyl adjacent to an activating group) is 1. The smallest absolute Gasteiger partial charge is 0.222 e. The molecular formula is C28H40N2O3. The monoisotopic (exact) mass is 452 g/mol. The van der Waals surface area contributed by atoms with E-state index in [1.54, 1.807) is 0 Å². The zero-order chi connectivity index (χ0) is 23.5. The number of benzene rings is 1. The van der Waals surface area contributed by atoms with Crippen molar-refractivity contribution in [1.29, 1.82) is 0 Å². The van der Waals surface area contributed by atoms with Gasteiger partial charge in [-0.05, 0) is 90.9 Å². The van der Waals surface area contributed by atoms with E-state index in [9.17, 15) is 9.59 Å². The third-order valence-electron chi connectivity index (χ3n) is 10.2. The molecule has 3 aliphatic carbocycles. The van der Waals surface area contributed by atoms with Gasteiger partial charge < -0.3 is 15.0 Å². The Morgan fingerprint density at radius 1 is 1.09 bits per heavy atom. The van der Waals surface area contributed by atoms with Gasteiger partial charge in [0, 0.05) is 26.1 Å². The lowest BCUT2D eigenvalue weighted by molar-refractivity contribution is -0.191. The van der Waals surface area contributed by atoms with E-state index < -0.39 is 0 Å². The Morgan fingerprint density at radius 2 is 1.82 bits per heavy atom. The first-order valence-corrected chi connectivity index (χ1v) is 12.9. The number of fused-ring (bicyclic) bond motifs is 5. The van der Waals surface area contributed by atoms with Gasteiger partial charge in [0.25, 0.3) is 0 Å². The molecule has 4 fully saturated rings. The van der Waals surface area contributed by atoms with Crippen molar-refractivity contribution in [2.24, 2.45) is 34.5 Å². The molecule has 3 saturated carbocycles. The lowest BCUT2D eigenvalue weighted by Crippen LogP contribution is -2.69. The molecule has 1 saturated heterocycles. The lowest BCUT2D eigenvalue weighted by Gasteiger charge is -2.65. The van der Waals surface area contributed by atoms with Crippen molar-refractivity contribution in [2.45, 2.75) is 84.8 Å². The number of hydrogen-bond donors (Lipinski definition) is 1. The van der Waals surface area contributed by atoms with Crippen LogP contribution in [-0.4, -0.2) is 35.9 Å². The predicted molar refractivity (Wildman–Crippen MR) is 130 cm³/mol. The van der Waals surface area contributed by atoms with Crippen molar-refractivity contribution in [2.75, 3.05) is 12.4 Å². The second-order valence-electron chi connectivity index (χ2n) is 12.0. The zero-order valence-corrected chi connectivity index (χ0v) is 20.9. The number of carbonyl (C=O) groups excluding carboxylic acids is 2. The molecule has 0 bridgehead atoms. The summed E-state index contributed by atoms with van der Waals surface area (Å²) in [6, 6.07) is 7.79. The van der Waals surface area contributed by atoms with Crippen LogP contribution in [0.2, 0.25) is 0 Å². The van der Waals surface area contributed by atoms with Crippen LogP contribution < -0.4 is 10.1 Å². The molecule has 0 radical (unpaired) electrons. The molecule has 1 N–H and O–H groups in total. The predicted octanol–water partition coefficient (Wildman–Crippen LogP) is 5.50. The maximum atomic E-state index is 12.9. The summed E-state index contributed by atoms with van der Waals surface area (Å²) in [5.74, 6) is 3.45. The Kier molecular flexibility index (Phi) is 5.53. The van der Waals surface area contributed by atoms with Crippen LogP contribution in [0.15, 0.2) is 24.3 Å². The summed E-state index contributed by atoms with van der Waals surface area (Å²) < 4.78 is 6.80. The minimum atomic E-state index is -0.0781. The Balaban J connectivity index is 1.51. The normalized spacial score (nSPS) is 42.2. The molecule has 8 atom stereocenters. The van der Waals surface area contributed by atoms with E-state index in [1.165, 1.54) is 39.0 Å². The van der Waals surface area contributed by atoms with Gasteiger partial charge in [-0.2, -0.15) is 0 Å². The van der Waals surface area contributed by atoms with Crippen molar-refractivity contribution < 1.29 is 14.3 Å². The number of nitrogens with one attached hydrogen (secondary N) is 1. The van der Waals surface area contributed by atoms with E-state index in [-0.39, 0.29) is 29.4 Å². The van der Waals surface area contributed by atoms with Crippen LogP contribution in [0.25, 0.3) is 0 Å². The van der Waals surface area contributed by atoms with Crippen molar-refractivity contribution >= 4 is 17.5 Å². The first-order valence-electron chi connectivity index (χ1n) is 12.9. The largest absolute Gasteiger partial charge is 0.488 e. The number of rotatable bonds is 3. The van der Waals surface area contributed by atoms with Crippen LogP contribution in [0.5, 0.6) is 5.75 Å². The van der Waals surface area contributed by atoms with Crippen LogP contribution >= 0.6 is 0 Å². The Labute approximate surface area is 198 Å². The molecule has 1 aromatic rings. The van der Waals surface area contributed by atoms with Gasteiger partial charge >= 0.3 is 0 Å². The fraction of sp³-hybridized carbons (Fsp3) is 0.714. The first kappa shape index (κ1) is 22.7. The van der Waals surface area contributed by atoms with E-state index in [2.05, 4.69) is 26.1 Å². The highest BCUT2D eigenvalue weighted by atomic mass is 16.5. The minimum absolute atomic E-state index is 0.0277. The van der Waals surface area contributed by atoms with Crippen molar-refractivity contribution in [3.8, 4) is 5.75 Å². The summed E-state index contributed by atoms with van der Waals surface area (Å²) >= 11 is 0. The molecule has 2 amide bonds.